The van der Waals surface area contributed by atoms with E-state index in [2.05, 4.69) is 0 Å². The molecule has 0 heterocycles. The molecule has 0 radical (unpaired) electrons. The van der Waals surface area contributed by atoms with E-state index in [0.717, 1.165) is 11.1 Å². The van der Waals surface area contributed by atoms with Crippen LogP contribution in [0.4, 0.5) is 0 Å². The molecule has 1 N–H and O–H groups in total. The first kappa shape index (κ1) is 14.0. The number of rotatable bonds is 5. The molecular formula is C17H18O3. The second-order valence-corrected chi connectivity index (χ2v) is 4.33. The number of hydrogen-bond acceptors (Lipinski definition) is 3. The van der Waals surface area contributed by atoms with Gasteiger partial charge in [0.25, 0.3) is 0 Å². The van der Waals surface area contributed by atoms with Gasteiger partial charge in [-0.05, 0) is 18.1 Å². The molecule has 0 aliphatic carbocycles. The smallest absolute Gasteiger partial charge is 0.201 e. The van der Waals surface area contributed by atoms with Crippen molar-refractivity contribution in [2.24, 2.45) is 0 Å². The van der Waals surface area contributed by atoms with Gasteiger partial charge < -0.3 is 14.6 Å². The van der Waals surface area contributed by atoms with E-state index >= 15 is 0 Å². The summed E-state index contributed by atoms with van der Waals surface area (Å²) < 4.78 is 10.3. The summed E-state index contributed by atoms with van der Waals surface area (Å²) in [6.45, 7) is 0. The predicted octanol–water partition coefficient (Wildman–Crippen LogP) is 3.67. The van der Waals surface area contributed by atoms with Crippen LogP contribution in [0.1, 0.15) is 11.1 Å². The van der Waals surface area contributed by atoms with Crippen molar-refractivity contribution in [1.82, 2.24) is 0 Å². The number of methoxy groups -OCH3 is 2. The predicted molar refractivity (Wildman–Crippen MR) is 80.4 cm³/mol. The van der Waals surface area contributed by atoms with E-state index in [0.29, 0.717) is 17.9 Å². The van der Waals surface area contributed by atoms with Gasteiger partial charge in [-0.1, -0.05) is 48.6 Å². The standard InChI is InChI=1S/C17H18O3/c1-19-15-12-11-14(17(20-2)16(15)18)10-6-9-13-7-4-3-5-8-13/h3-9,11-12,18H,10H2,1-2H3. The first-order valence-corrected chi connectivity index (χ1v) is 6.40. The highest BCUT2D eigenvalue weighted by Gasteiger charge is 2.12. The maximum absolute atomic E-state index is 10.0. The van der Waals surface area contributed by atoms with Crippen LogP contribution in [0, 0.1) is 0 Å². The van der Waals surface area contributed by atoms with Gasteiger partial charge in [-0.15, -0.1) is 0 Å². The van der Waals surface area contributed by atoms with Crippen LogP contribution in [0.3, 0.4) is 0 Å². The molecule has 0 aliphatic heterocycles. The third-order valence-corrected chi connectivity index (χ3v) is 3.05. The molecule has 0 aliphatic rings. The summed E-state index contributed by atoms with van der Waals surface area (Å²) in [5, 5.41) is 10.0. The van der Waals surface area contributed by atoms with E-state index in [1.54, 1.807) is 13.2 Å². The summed E-state index contributed by atoms with van der Waals surface area (Å²) in [6, 6.07) is 13.7. The maximum Gasteiger partial charge on any atom is 0.201 e. The normalized spacial score (nSPS) is 10.7. The van der Waals surface area contributed by atoms with E-state index in [1.807, 2.05) is 48.6 Å². The second-order valence-electron chi connectivity index (χ2n) is 4.33. The SMILES string of the molecule is COc1ccc(CC=Cc2ccccc2)c(OC)c1O. The van der Waals surface area contributed by atoms with Crippen molar-refractivity contribution < 1.29 is 14.6 Å². The van der Waals surface area contributed by atoms with Gasteiger partial charge in [-0.25, -0.2) is 0 Å². The van der Waals surface area contributed by atoms with Crippen molar-refractivity contribution in [2.45, 2.75) is 6.42 Å². The van der Waals surface area contributed by atoms with Gasteiger partial charge in [0.1, 0.15) is 0 Å². The quantitative estimate of drug-likeness (QED) is 0.901. The minimum Gasteiger partial charge on any atom is -0.502 e. The summed E-state index contributed by atoms with van der Waals surface area (Å²) in [4.78, 5) is 0. The lowest BCUT2D eigenvalue weighted by Crippen LogP contribution is -1.94. The van der Waals surface area contributed by atoms with Gasteiger partial charge in [0, 0.05) is 5.56 Å². The molecule has 0 atom stereocenters. The molecular weight excluding hydrogens is 252 g/mol. The Balaban J connectivity index is 2.18. The number of phenolic OH excluding ortho intramolecular Hbond substituents is 1. The molecule has 104 valence electrons. The lowest BCUT2D eigenvalue weighted by molar-refractivity contribution is 0.338. The number of benzene rings is 2. The van der Waals surface area contributed by atoms with Gasteiger partial charge in [-0.2, -0.15) is 0 Å². The van der Waals surface area contributed by atoms with Crippen LogP contribution >= 0.6 is 0 Å². The number of hydrogen-bond donors (Lipinski definition) is 1. The van der Waals surface area contributed by atoms with Crippen molar-refractivity contribution in [1.29, 1.82) is 0 Å². The fraction of sp³-hybridized carbons (Fsp3) is 0.176. The Morgan fingerprint density at radius 3 is 2.40 bits per heavy atom. The summed E-state index contributed by atoms with van der Waals surface area (Å²) in [5.74, 6) is 0.917. The van der Waals surface area contributed by atoms with Crippen molar-refractivity contribution in [3.05, 3.63) is 59.7 Å². The summed E-state index contributed by atoms with van der Waals surface area (Å²) in [7, 11) is 3.06. The van der Waals surface area contributed by atoms with Crippen LogP contribution in [-0.4, -0.2) is 19.3 Å². The third kappa shape index (κ3) is 3.12. The molecule has 2 aromatic carbocycles. The van der Waals surface area contributed by atoms with Crippen molar-refractivity contribution in [3.63, 3.8) is 0 Å². The molecule has 3 heteroatoms. The zero-order chi connectivity index (χ0) is 14.4. The Bertz CT molecular complexity index is 589. The highest BCUT2D eigenvalue weighted by Crippen LogP contribution is 2.38. The monoisotopic (exact) mass is 270 g/mol. The third-order valence-electron chi connectivity index (χ3n) is 3.05. The van der Waals surface area contributed by atoms with Crippen LogP contribution in [0.15, 0.2) is 48.5 Å². The van der Waals surface area contributed by atoms with E-state index in [9.17, 15) is 5.11 Å². The largest absolute Gasteiger partial charge is 0.502 e. The molecule has 0 amide bonds. The summed E-state index contributed by atoms with van der Waals surface area (Å²) in [5.41, 5.74) is 2.06. The zero-order valence-corrected chi connectivity index (χ0v) is 11.7. The first-order valence-electron chi connectivity index (χ1n) is 6.40. The minimum absolute atomic E-state index is 0.0422. The second kappa shape index (κ2) is 6.66. The van der Waals surface area contributed by atoms with Crippen LogP contribution in [0.2, 0.25) is 0 Å². The minimum atomic E-state index is 0.0422. The van der Waals surface area contributed by atoms with Crippen LogP contribution in [0.25, 0.3) is 6.08 Å². The van der Waals surface area contributed by atoms with Gasteiger partial charge in [0.2, 0.25) is 5.75 Å². The zero-order valence-electron chi connectivity index (χ0n) is 11.7. The molecule has 3 nitrogen and oxygen atoms in total. The molecule has 0 saturated carbocycles. The average Bonchev–Trinajstić information content (AvgIpc) is 2.49. The Morgan fingerprint density at radius 2 is 1.75 bits per heavy atom. The Morgan fingerprint density at radius 1 is 1.00 bits per heavy atom. The van der Waals surface area contributed by atoms with Crippen molar-refractivity contribution in [2.75, 3.05) is 14.2 Å². The molecule has 0 aromatic heterocycles. The molecule has 0 unspecified atom stereocenters. The Kier molecular flexibility index (Phi) is 4.66. The molecule has 0 saturated heterocycles. The number of ether oxygens (including phenoxy) is 2. The van der Waals surface area contributed by atoms with Gasteiger partial charge in [0.05, 0.1) is 14.2 Å². The number of phenols is 1. The fourth-order valence-corrected chi connectivity index (χ4v) is 2.03. The van der Waals surface area contributed by atoms with Crippen LogP contribution in [0.5, 0.6) is 17.2 Å². The Labute approximate surface area is 119 Å². The number of allylic oxidation sites excluding steroid dienone is 1. The molecule has 0 bridgehead atoms. The summed E-state index contributed by atoms with van der Waals surface area (Å²) in [6.07, 6.45) is 4.76. The lowest BCUT2D eigenvalue weighted by Gasteiger charge is -2.11. The fourth-order valence-electron chi connectivity index (χ4n) is 2.03. The topological polar surface area (TPSA) is 38.7 Å². The van der Waals surface area contributed by atoms with Crippen LogP contribution in [-0.2, 0) is 6.42 Å². The maximum atomic E-state index is 10.0. The molecule has 0 fully saturated rings. The molecule has 2 rings (SSSR count). The van der Waals surface area contributed by atoms with E-state index < -0.39 is 0 Å². The summed E-state index contributed by atoms with van der Waals surface area (Å²) >= 11 is 0. The number of aromatic hydroxyl groups is 1. The van der Waals surface area contributed by atoms with Gasteiger partial charge in [0.15, 0.2) is 11.5 Å². The van der Waals surface area contributed by atoms with Crippen molar-refractivity contribution in [3.8, 4) is 17.2 Å². The highest BCUT2D eigenvalue weighted by atomic mass is 16.5. The van der Waals surface area contributed by atoms with Crippen LogP contribution < -0.4 is 9.47 Å². The molecule has 2 aromatic rings. The molecule has 0 spiro atoms. The first-order chi connectivity index (χ1) is 9.76. The average molecular weight is 270 g/mol. The van der Waals surface area contributed by atoms with Crippen molar-refractivity contribution >= 4 is 6.08 Å². The molecule has 20 heavy (non-hydrogen) atoms. The van der Waals surface area contributed by atoms with E-state index in [-0.39, 0.29) is 5.75 Å². The van der Waals surface area contributed by atoms with Gasteiger partial charge >= 0.3 is 0 Å². The van der Waals surface area contributed by atoms with E-state index in [4.69, 9.17) is 9.47 Å². The lowest BCUT2D eigenvalue weighted by atomic mass is 10.1. The van der Waals surface area contributed by atoms with Gasteiger partial charge in [-0.3, -0.25) is 0 Å². The van der Waals surface area contributed by atoms with E-state index in [1.165, 1.54) is 7.11 Å². The highest BCUT2D eigenvalue weighted by molar-refractivity contribution is 5.56. The Hall–Kier alpha value is -2.42.